The molecule has 1 heterocycles. The van der Waals surface area contributed by atoms with Crippen molar-refractivity contribution in [2.24, 2.45) is 0 Å². The highest BCUT2D eigenvalue weighted by Gasteiger charge is 2.12. The number of nitrogens with two attached hydrogens (primary N) is 1. The standard InChI is InChI=1S/C10H17N3O4/c1-15-3-2-4-16-5-6-17-10(14)9-8(11)7-12-13-9/h7H,2-6,11H2,1H3,(H,12,13). The van der Waals surface area contributed by atoms with Gasteiger partial charge in [-0.2, -0.15) is 5.10 Å². The molecule has 1 aromatic heterocycles. The zero-order valence-corrected chi connectivity index (χ0v) is 9.77. The fourth-order valence-corrected chi connectivity index (χ4v) is 1.13. The topological polar surface area (TPSA) is 99.5 Å². The minimum absolute atomic E-state index is 0.171. The molecular weight excluding hydrogens is 226 g/mol. The second kappa shape index (κ2) is 7.64. The van der Waals surface area contributed by atoms with Crippen molar-refractivity contribution in [3.05, 3.63) is 11.9 Å². The number of nitrogens with one attached hydrogen (secondary N) is 1. The molecule has 7 nitrogen and oxygen atoms in total. The predicted octanol–water partition coefficient (Wildman–Crippen LogP) is 0.202. The third kappa shape index (κ3) is 4.83. The fourth-order valence-electron chi connectivity index (χ4n) is 1.13. The second-order valence-electron chi connectivity index (χ2n) is 3.29. The summed E-state index contributed by atoms with van der Waals surface area (Å²) in [5.74, 6) is -0.527. The van der Waals surface area contributed by atoms with E-state index in [1.165, 1.54) is 6.20 Å². The van der Waals surface area contributed by atoms with Gasteiger partial charge in [-0.15, -0.1) is 0 Å². The van der Waals surface area contributed by atoms with Crippen LogP contribution < -0.4 is 5.73 Å². The first kappa shape index (κ1) is 13.5. The van der Waals surface area contributed by atoms with Crippen LogP contribution in [0.5, 0.6) is 0 Å². The number of carbonyl (C=O) groups is 1. The molecule has 0 bridgehead atoms. The number of rotatable bonds is 8. The number of aromatic nitrogens is 2. The van der Waals surface area contributed by atoms with Crippen molar-refractivity contribution in [3.63, 3.8) is 0 Å². The van der Waals surface area contributed by atoms with Gasteiger partial charge in [-0.25, -0.2) is 4.79 Å². The van der Waals surface area contributed by atoms with E-state index in [1.807, 2.05) is 0 Å². The normalized spacial score (nSPS) is 10.4. The van der Waals surface area contributed by atoms with Crippen LogP contribution in [0.25, 0.3) is 0 Å². The summed E-state index contributed by atoms with van der Waals surface area (Å²) in [6.45, 7) is 1.77. The van der Waals surface area contributed by atoms with Crippen LogP contribution in [0.4, 0.5) is 5.69 Å². The zero-order chi connectivity index (χ0) is 12.5. The van der Waals surface area contributed by atoms with Crippen LogP contribution >= 0.6 is 0 Å². The first-order valence-corrected chi connectivity index (χ1v) is 5.28. The minimum Gasteiger partial charge on any atom is -0.458 e. The molecule has 1 rings (SSSR count). The number of hydrogen-bond acceptors (Lipinski definition) is 6. The average molecular weight is 243 g/mol. The predicted molar refractivity (Wildman–Crippen MR) is 60.6 cm³/mol. The van der Waals surface area contributed by atoms with Crippen LogP contribution in [-0.2, 0) is 14.2 Å². The maximum absolute atomic E-state index is 11.4. The number of methoxy groups -OCH3 is 1. The van der Waals surface area contributed by atoms with E-state index in [2.05, 4.69) is 10.2 Å². The van der Waals surface area contributed by atoms with E-state index in [9.17, 15) is 4.79 Å². The molecule has 0 aliphatic rings. The summed E-state index contributed by atoms with van der Waals surface area (Å²) in [4.78, 5) is 11.4. The summed E-state index contributed by atoms with van der Waals surface area (Å²) < 4.78 is 15.0. The lowest BCUT2D eigenvalue weighted by Crippen LogP contribution is -2.13. The van der Waals surface area contributed by atoms with Gasteiger partial charge in [-0.05, 0) is 6.42 Å². The molecule has 0 aromatic carbocycles. The van der Waals surface area contributed by atoms with Gasteiger partial charge in [-0.3, -0.25) is 5.10 Å². The number of nitrogens with zero attached hydrogens (tertiary/aromatic N) is 1. The van der Waals surface area contributed by atoms with Crippen LogP contribution in [-0.4, -0.2) is 49.7 Å². The molecule has 7 heteroatoms. The molecule has 0 aliphatic heterocycles. The molecular formula is C10H17N3O4. The highest BCUT2D eigenvalue weighted by atomic mass is 16.6. The molecule has 0 saturated heterocycles. The first-order valence-electron chi connectivity index (χ1n) is 5.28. The Labute approximate surface area is 99.2 Å². The Balaban J connectivity index is 2.07. The van der Waals surface area contributed by atoms with Crippen LogP contribution in [0.1, 0.15) is 16.9 Å². The number of anilines is 1. The molecule has 0 atom stereocenters. The van der Waals surface area contributed by atoms with Crippen LogP contribution in [0.2, 0.25) is 0 Å². The van der Waals surface area contributed by atoms with Gasteiger partial charge in [0.05, 0.1) is 18.5 Å². The summed E-state index contributed by atoms with van der Waals surface area (Å²) in [6.07, 6.45) is 2.18. The summed E-state index contributed by atoms with van der Waals surface area (Å²) in [5.41, 5.74) is 5.93. The van der Waals surface area contributed by atoms with Gasteiger partial charge < -0.3 is 19.9 Å². The second-order valence-corrected chi connectivity index (χ2v) is 3.29. The molecule has 0 fully saturated rings. The van der Waals surface area contributed by atoms with Gasteiger partial charge in [0.1, 0.15) is 6.61 Å². The fraction of sp³-hybridized carbons (Fsp3) is 0.600. The van der Waals surface area contributed by atoms with E-state index < -0.39 is 5.97 Å². The van der Waals surface area contributed by atoms with Crippen molar-refractivity contribution in [2.75, 3.05) is 39.3 Å². The third-order valence-electron chi connectivity index (χ3n) is 1.97. The summed E-state index contributed by atoms with van der Waals surface area (Å²) in [7, 11) is 1.64. The van der Waals surface area contributed by atoms with Crippen LogP contribution in [0.3, 0.4) is 0 Å². The largest absolute Gasteiger partial charge is 0.458 e. The number of hydrogen-bond donors (Lipinski definition) is 2. The molecule has 96 valence electrons. The van der Waals surface area contributed by atoms with Crippen molar-refractivity contribution in [1.29, 1.82) is 0 Å². The minimum atomic E-state index is -0.527. The van der Waals surface area contributed by atoms with E-state index in [0.717, 1.165) is 6.42 Å². The molecule has 17 heavy (non-hydrogen) atoms. The van der Waals surface area contributed by atoms with E-state index >= 15 is 0 Å². The average Bonchev–Trinajstić information content (AvgIpc) is 2.74. The maximum atomic E-state index is 11.4. The molecule has 0 unspecified atom stereocenters. The Morgan fingerprint density at radius 1 is 1.41 bits per heavy atom. The maximum Gasteiger partial charge on any atom is 0.358 e. The van der Waals surface area contributed by atoms with E-state index in [0.29, 0.717) is 19.8 Å². The van der Waals surface area contributed by atoms with E-state index in [1.54, 1.807) is 7.11 Å². The van der Waals surface area contributed by atoms with E-state index in [4.69, 9.17) is 19.9 Å². The summed E-state index contributed by atoms with van der Waals surface area (Å²) in [5, 5.41) is 6.09. The molecule has 0 aliphatic carbocycles. The van der Waals surface area contributed by atoms with Crippen molar-refractivity contribution < 1.29 is 19.0 Å². The molecule has 0 radical (unpaired) electrons. The highest BCUT2D eigenvalue weighted by Crippen LogP contribution is 2.07. The van der Waals surface area contributed by atoms with Gasteiger partial charge >= 0.3 is 5.97 Å². The lowest BCUT2D eigenvalue weighted by atomic mass is 10.4. The van der Waals surface area contributed by atoms with E-state index in [-0.39, 0.29) is 18.0 Å². The Kier molecular flexibility index (Phi) is 6.05. The molecule has 0 amide bonds. The Morgan fingerprint density at radius 3 is 2.88 bits per heavy atom. The van der Waals surface area contributed by atoms with Crippen LogP contribution in [0, 0.1) is 0 Å². The number of nitrogen functional groups attached to an aromatic ring is 1. The molecule has 0 saturated carbocycles. The Bertz CT molecular complexity index is 340. The van der Waals surface area contributed by atoms with Crippen molar-refractivity contribution in [3.8, 4) is 0 Å². The third-order valence-corrected chi connectivity index (χ3v) is 1.97. The number of aromatic amines is 1. The van der Waals surface area contributed by atoms with Gasteiger partial charge in [0.2, 0.25) is 0 Å². The molecule has 1 aromatic rings. The monoisotopic (exact) mass is 243 g/mol. The van der Waals surface area contributed by atoms with Crippen molar-refractivity contribution >= 4 is 11.7 Å². The Morgan fingerprint density at radius 2 is 2.24 bits per heavy atom. The smallest absolute Gasteiger partial charge is 0.358 e. The highest BCUT2D eigenvalue weighted by molar-refractivity contribution is 5.92. The van der Waals surface area contributed by atoms with Crippen molar-refractivity contribution in [1.82, 2.24) is 10.2 Å². The SMILES string of the molecule is COCCCOCCOC(=O)c1[nH]ncc1N. The number of ether oxygens (including phenoxy) is 3. The zero-order valence-electron chi connectivity index (χ0n) is 9.77. The summed E-state index contributed by atoms with van der Waals surface area (Å²) >= 11 is 0. The van der Waals surface area contributed by atoms with Gasteiger partial charge in [0.15, 0.2) is 5.69 Å². The van der Waals surface area contributed by atoms with Gasteiger partial charge in [-0.1, -0.05) is 0 Å². The van der Waals surface area contributed by atoms with Crippen LogP contribution in [0.15, 0.2) is 6.20 Å². The number of carbonyl (C=O) groups excluding carboxylic acids is 1. The quantitative estimate of drug-likeness (QED) is 0.500. The lowest BCUT2D eigenvalue weighted by molar-refractivity contribution is 0.0284. The summed E-state index contributed by atoms with van der Waals surface area (Å²) in [6, 6.07) is 0. The Hall–Kier alpha value is -1.60. The van der Waals surface area contributed by atoms with Gasteiger partial charge in [0.25, 0.3) is 0 Å². The first-order chi connectivity index (χ1) is 8.25. The van der Waals surface area contributed by atoms with Gasteiger partial charge in [0, 0.05) is 20.3 Å². The molecule has 0 spiro atoms. The lowest BCUT2D eigenvalue weighted by Gasteiger charge is -2.05. The van der Waals surface area contributed by atoms with Crippen molar-refractivity contribution in [2.45, 2.75) is 6.42 Å². The molecule has 3 N–H and O–H groups in total. The number of esters is 1. The number of H-pyrrole nitrogens is 1.